The van der Waals surface area contributed by atoms with E-state index in [-0.39, 0.29) is 12.1 Å². The van der Waals surface area contributed by atoms with Crippen LogP contribution in [0.1, 0.15) is 11.3 Å². The molecule has 5 nitrogen and oxygen atoms in total. The number of amides is 1. The van der Waals surface area contributed by atoms with Gasteiger partial charge in [-0.15, -0.1) is 0 Å². The molecule has 2 aromatic heterocycles. The second-order valence-electron chi connectivity index (χ2n) is 3.72. The normalized spacial score (nSPS) is 10.8. The summed E-state index contributed by atoms with van der Waals surface area (Å²) in [6.07, 6.45) is 6.22. The van der Waals surface area contributed by atoms with E-state index in [0.717, 1.165) is 0 Å². The highest BCUT2D eigenvalue weighted by Crippen LogP contribution is 2.05. The van der Waals surface area contributed by atoms with Crippen molar-refractivity contribution in [3.63, 3.8) is 0 Å². The third-order valence-corrected chi connectivity index (χ3v) is 2.36. The molecule has 0 aliphatic heterocycles. The first kappa shape index (κ1) is 12.6. The van der Waals surface area contributed by atoms with Crippen molar-refractivity contribution < 1.29 is 9.21 Å². The summed E-state index contributed by atoms with van der Waals surface area (Å²) >= 11 is 0. The Kier molecular flexibility index (Phi) is 4.09. The Morgan fingerprint density at radius 2 is 2.37 bits per heavy atom. The van der Waals surface area contributed by atoms with E-state index in [1.807, 2.05) is 6.07 Å². The van der Waals surface area contributed by atoms with Gasteiger partial charge in [-0.3, -0.25) is 9.78 Å². The molecule has 0 unspecified atom stereocenters. The van der Waals surface area contributed by atoms with Gasteiger partial charge >= 0.3 is 0 Å². The molecule has 0 saturated carbocycles. The number of furan rings is 1. The number of pyridine rings is 1. The number of carbonyl (C=O) groups is 1. The fraction of sp³-hybridized carbons (Fsp3) is 0.0714. The minimum absolute atomic E-state index is 0.0274. The molecule has 94 valence electrons. The van der Waals surface area contributed by atoms with Crippen molar-refractivity contribution in [2.45, 2.75) is 6.54 Å². The predicted molar refractivity (Wildman–Crippen MR) is 68.4 cm³/mol. The van der Waals surface area contributed by atoms with E-state index >= 15 is 0 Å². The van der Waals surface area contributed by atoms with Crippen LogP contribution in [-0.2, 0) is 11.3 Å². The molecule has 0 bridgehead atoms. The van der Waals surface area contributed by atoms with Crippen LogP contribution in [0.4, 0.5) is 0 Å². The van der Waals surface area contributed by atoms with E-state index in [0.29, 0.717) is 11.3 Å². The molecule has 0 aliphatic carbocycles. The highest BCUT2D eigenvalue weighted by Gasteiger charge is 2.09. The van der Waals surface area contributed by atoms with Gasteiger partial charge in [-0.25, -0.2) is 0 Å². The van der Waals surface area contributed by atoms with Crippen LogP contribution < -0.4 is 5.32 Å². The van der Waals surface area contributed by atoms with Crippen LogP contribution in [0.2, 0.25) is 0 Å². The lowest BCUT2D eigenvalue weighted by atomic mass is 10.1. The van der Waals surface area contributed by atoms with Crippen LogP contribution in [0.5, 0.6) is 0 Å². The van der Waals surface area contributed by atoms with Gasteiger partial charge in [-0.1, -0.05) is 6.07 Å². The number of carbonyl (C=O) groups excluding carboxylic acids is 1. The van der Waals surface area contributed by atoms with Gasteiger partial charge in [-0.05, 0) is 29.8 Å². The maximum absolute atomic E-state index is 11.8. The predicted octanol–water partition coefficient (Wildman–Crippen LogP) is 1.90. The summed E-state index contributed by atoms with van der Waals surface area (Å²) in [5, 5.41) is 11.6. The number of hydrogen-bond donors (Lipinski definition) is 1. The SMILES string of the molecule is N#C/C(=C/c1cccnc1)C(=O)NCc1ccco1. The summed E-state index contributed by atoms with van der Waals surface area (Å²) in [7, 11) is 0. The summed E-state index contributed by atoms with van der Waals surface area (Å²) in [5.41, 5.74) is 0.728. The molecule has 0 saturated heterocycles. The Hall–Kier alpha value is -2.87. The number of aromatic nitrogens is 1. The van der Waals surface area contributed by atoms with E-state index in [1.54, 1.807) is 36.7 Å². The first-order valence-electron chi connectivity index (χ1n) is 5.62. The number of nitriles is 1. The lowest BCUT2D eigenvalue weighted by Gasteiger charge is -2.01. The zero-order chi connectivity index (χ0) is 13.5. The van der Waals surface area contributed by atoms with Crippen LogP contribution in [-0.4, -0.2) is 10.9 Å². The Labute approximate surface area is 110 Å². The summed E-state index contributed by atoms with van der Waals surface area (Å²) in [4.78, 5) is 15.7. The van der Waals surface area contributed by atoms with E-state index in [9.17, 15) is 4.79 Å². The zero-order valence-corrected chi connectivity index (χ0v) is 10.0. The van der Waals surface area contributed by atoms with Gasteiger partial charge in [0, 0.05) is 12.4 Å². The van der Waals surface area contributed by atoms with Crippen molar-refractivity contribution in [3.05, 3.63) is 59.8 Å². The van der Waals surface area contributed by atoms with Crippen LogP contribution in [0.25, 0.3) is 6.08 Å². The zero-order valence-electron chi connectivity index (χ0n) is 10.0. The molecule has 0 atom stereocenters. The van der Waals surface area contributed by atoms with Crippen molar-refractivity contribution >= 4 is 12.0 Å². The summed E-state index contributed by atoms with van der Waals surface area (Å²) in [6.45, 7) is 0.248. The summed E-state index contributed by atoms with van der Waals surface area (Å²) in [6, 6.07) is 8.86. The van der Waals surface area contributed by atoms with Crippen LogP contribution in [0.15, 0.2) is 52.9 Å². The first-order valence-corrected chi connectivity index (χ1v) is 5.62. The fourth-order valence-corrected chi connectivity index (χ4v) is 1.45. The Morgan fingerprint density at radius 3 is 3.00 bits per heavy atom. The first-order chi connectivity index (χ1) is 9.29. The molecule has 0 aromatic carbocycles. The van der Waals surface area contributed by atoms with Crippen LogP contribution in [0, 0.1) is 11.3 Å². The van der Waals surface area contributed by atoms with Crippen molar-refractivity contribution in [1.29, 1.82) is 5.26 Å². The highest BCUT2D eigenvalue weighted by molar-refractivity contribution is 6.01. The minimum atomic E-state index is -0.442. The van der Waals surface area contributed by atoms with E-state index in [2.05, 4.69) is 10.3 Å². The number of nitrogens with zero attached hydrogens (tertiary/aromatic N) is 2. The summed E-state index contributed by atoms with van der Waals surface area (Å²) < 4.78 is 5.09. The lowest BCUT2D eigenvalue weighted by molar-refractivity contribution is -0.117. The van der Waals surface area contributed by atoms with Gasteiger partial charge in [0.1, 0.15) is 17.4 Å². The largest absolute Gasteiger partial charge is 0.467 e. The number of hydrogen-bond acceptors (Lipinski definition) is 4. The maximum atomic E-state index is 11.8. The molecule has 2 aromatic rings. The molecule has 2 heterocycles. The molecule has 2 rings (SSSR count). The average molecular weight is 253 g/mol. The van der Waals surface area contributed by atoms with Gasteiger partial charge in [0.2, 0.25) is 0 Å². The second kappa shape index (κ2) is 6.17. The molecule has 0 radical (unpaired) electrons. The van der Waals surface area contributed by atoms with Gasteiger partial charge in [0.05, 0.1) is 12.8 Å². The Balaban J connectivity index is 2.04. The molecular weight excluding hydrogens is 242 g/mol. The van der Waals surface area contributed by atoms with Gasteiger partial charge in [0.15, 0.2) is 0 Å². The van der Waals surface area contributed by atoms with E-state index in [1.165, 1.54) is 12.3 Å². The lowest BCUT2D eigenvalue weighted by Crippen LogP contribution is -2.23. The molecule has 1 amide bonds. The van der Waals surface area contributed by atoms with Crippen molar-refractivity contribution in [3.8, 4) is 6.07 Å². The van der Waals surface area contributed by atoms with Gasteiger partial charge in [-0.2, -0.15) is 5.26 Å². The van der Waals surface area contributed by atoms with Crippen molar-refractivity contribution in [1.82, 2.24) is 10.3 Å². The van der Waals surface area contributed by atoms with E-state index in [4.69, 9.17) is 9.68 Å². The Bertz CT molecular complexity index is 610. The Morgan fingerprint density at radius 1 is 1.47 bits per heavy atom. The minimum Gasteiger partial charge on any atom is -0.467 e. The van der Waals surface area contributed by atoms with E-state index < -0.39 is 5.91 Å². The topological polar surface area (TPSA) is 78.9 Å². The van der Waals surface area contributed by atoms with Gasteiger partial charge in [0.25, 0.3) is 5.91 Å². The number of nitrogens with one attached hydrogen (secondary N) is 1. The molecule has 5 heteroatoms. The molecule has 1 N–H and O–H groups in total. The third kappa shape index (κ3) is 3.54. The molecular formula is C14H11N3O2. The fourth-order valence-electron chi connectivity index (χ4n) is 1.45. The molecule has 0 spiro atoms. The highest BCUT2D eigenvalue weighted by atomic mass is 16.3. The van der Waals surface area contributed by atoms with Crippen LogP contribution >= 0.6 is 0 Å². The molecule has 0 fully saturated rings. The molecule has 0 aliphatic rings. The standard InChI is InChI=1S/C14H11N3O2/c15-8-12(7-11-3-1-5-16-9-11)14(18)17-10-13-4-2-6-19-13/h1-7,9H,10H2,(H,17,18)/b12-7-. The van der Waals surface area contributed by atoms with Crippen LogP contribution in [0.3, 0.4) is 0 Å². The third-order valence-electron chi connectivity index (χ3n) is 2.36. The molecule has 19 heavy (non-hydrogen) atoms. The number of rotatable bonds is 4. The smallest absolute Gasteiger partial charge is 0.262 e. The average Bonchev–Trinajstić information content (AvgIpc) is 2.96. The van der Waals surface area contributed by atoms with Gasteiger partial charge < -0.3 is 9.73 Å². The van der Waals surface area contributed by atoms with Crippen molar-refractivity contribution in [2.24, 2.45) is 0 Å². The quantitative estimate of drug-likeness (QED) is 0.666. The summed E-state index contributed by atoms with van der Waals surface area (Å²) in [5.74, 6) is 0.190. The van der Waals surface area contributed by atoms with Crippen molar-refractivity contribution in [2.75, 3.05) is 0 Å². The second-order valence-corrected chi connectivity index (χ2v) is 3.72. The monoisotopic (exact) mass is 253 g/mol. The maximum Gasteiger partial charge on any atom is 0.262 e.